The molecular formula is C13H17NO7. The van der Waals surface area contributed by atoms with Crippen LogP contribution in [0.3, 0.4) is 0 Å². The van der Waals surface area contributed by atoms with Gasteiger partial charge in [-0.1, -0.05) is 0 Å². The van der Waals surface area contributed by atoms with Gasteiger partial charge in [0.1, 0.15) is 18.5 Å². The molecule has 0 fully saturated rings. The number of non-ortho nitro benzene ring substituents is 1. The first-order chi connectivity index (χ1) is 10.1. The van der Waals surface area contributed by atoms with E-state index in [0.29, 0.717) is 19.5 Å². The molecule has 1 N–H and O–H groups in total. The van der Waals surface area contributed by atoms with Gasteiger partial charge < -0.3 is 19.3 Å². The molecule has 1 atom stereocenters. The van der Waals surface area contributed by atoms with Crippen molar-refractivity contribution in [1.82, 2.24) is 0 Å². The maximum atomic E-state index is 10.9. The van der Waals surface area contributed by atoms with Gasteiger partial charge in [-0.3, -0.25) is 14.9 Å². The minimum absolute atomic E-state index is 0.0525. The van der Waals surface area contributed by atoms with E-state index < -0.39 is 11.0 Å². The van der Waals surface area contributed by atoms with Crippen molar-refractivity contribution in [3.05, 3.63) is 33.9 Å². The number of carbonyl (C=O) groups is 1. The number of aliphatic hydroxyl groups is 1. The number of hydrogen-bond acceptors (Lipinski definition) is 7. The van der Waals surface area contributed by atoms with E-state index in [0.717, 1.165) is 6.07 Å². The molecule has 21 heavy (non-hydrogen) atoms. The largest absolute Gasteiger partial charge is 0.490 e. The number of rotatable bonds is 10. The van der Waals surface area contributed by atoms with Gasteiger partial charge in [-0.05, 0) is 6.07 Å². The highest BCUT2D eigenvalue weighted by atomic mass is 16.6. The van der Waals surface area contributed by atoms with Crippen molar-refractivity contribution < 1.29 is 29.0 Å². The molecule has 0 amide bonds. The summed E-state index contributed by atoms with van der Waals surface area (Å²) < 4.78 is 15.2. The molecule has 8 nitrogen and oxygen atoms in total. The smallest absolute Gasteiger partial charge is 0.270 e. The fourth-order valence-electron chi connectivity index (χ4n) is 1.47. The first-order valence-electron chi connectivity index (χ1n) is 6.19. The van der Waals surface area contributed by atoms with Crippen LogP contribution in [-0.4, -0.2) is 56.0 Å². The molecule has 8 heteroatoms. The van der Waals surface area contributed by atoms with E-state index in [1.54, 1.807) is 7.11 Å². The zero-order valence-corrected chi connectivity index (χ0v) is 11.6. The summed E-state index contributed by atoms with van der Waals surface area (Å²) in [7, 11) is 1.54. The molecule has 1 rings (SSSR count). The Kier molecular flexibility index (Phi) is 7.30. The maximum absolute atomic E-state index is 10.9. The van der Waals surface area contributed by atoms with Crippen LogP contribution in [0.5, 0.6) is 5.75 Å². The lowest BCUT2D eigenvalue weighted by Crippen LogP contribution is -2.24. The summed E-state index contributed by atoms with van der Waals surface area (Å²) in [6, 6.07) is 3.66. The van der Waals surface area contributed by atoms with Gasteiger partial charge in [0.05, 0.1) is 30.3 Å². The zero-order chi connectivity index (χ0) is 15.7. The van der Waals surface area contributed by atoms with Crippen LogP contribution in [-0.2, 0) is 9.47 Å². The first-order valence-corrected chi connectivity index (χ1v) is 6.19. The Morgan fingerprint density at radius 1 is 1.38 bits per heavy atom. The maximum Gasteiger partial charge on any atom is 0.270 e. The molecule has 0 saturated carbocycles. The number of ether oxygens (including phenoxy) is 3. The van der Waals surface area contributed by atoms with Crippen molar-refractivity contribution in [1.29, 1.82) is 0 Å². The second-order valence-corrected chi connectivity index (χ2v) is 4.13. The molecule has 0 aliphatic carbocycles. The number of benzene rings is 1. The third kappa shape index (κ3) is 5.86. The minimum atomic E-state index is -0.878. The monoisotopic (exact) mass is 299 g/mol. The standard InChI is InChI=1S/C13H17NO7/c1-19-4-5-20-8-12(16)9-21-13-3-2-11(14(17)18)6-10(13)7-15/h2-3,6-7,12,16H,4-5,8-9H2,1H3. The Balaban J connectivity index is 2.51. The Morgan fingerprint density at radius 3 is 2.76 bits per heavy atom. The predicted molar refractivity (Wildman–Crippen MR) is 72.7 cm³/mol. The van der Waals surface area contributed by atoms with Gasteiger partial charge >= 0.3 is 0 Å². The Bertz CT molecular complexity index is 478. The summed E-state index contributed by atoms with van der Waals surface area (Å²) in [6.45, 7) is 0.744. The summed E-state index contributed by atoms with van der Waals surface area (Å²) in [6.07, 6.45) is -0.416. The van der Waals surface area contributed by atoms with Crippen LogP contribution in [0.15, 0.2) is 18.2 Å². The van der Waals surface area contributed by atoms with Crippen molar-refractivity contribution in [2.45, 2.75) is 6.10 Å². The number of hydrogen-bond donors (Lipinski definition) is 1. The van der Waals surface area contributed by atoms with Crippen molar-refractivity contribution in [3.8, 4) is 5.75 Å². The van der Waals surface area contributed by atoms with Gasteiger partial charge in [0.2, 0.25) is 0 Å². The van der Waals surface area contributed by atoms with Crippen LogP contribution in [0.1, 0.15) is 10.4 Å². The van der Waals surface area contributed by atoms with Crippen molar-refractivity contribution in [2.24, 2.45) is 0 Å². The highest BCUT2D eigenvalue weighted by Crippen LogP contribution is 2.22. The number of carbonyl (C=O) groups excluding carboxylic acids is 1. The van der Waals surface area contributed by atoms with Crippen LogP contribution in [0.2, 0.25) is 0 Å². The van der Waals surface area contributed by atoms with Crippen LogP contribution >= 0.6 is 0 Å². The van der Waals surface area contributed by atoms with Gasteiger partial charge in [-0.2, -0.15) is 0 Å². The second-order valence-electron chi connectivity index (χ2n) is 4.13. The lowest BCUT2D eigenvalue weighted by molar-refractivity contribution is -0.384. The van der Waals surface area contributed by atoms with E-state index in [-0.39, 0.29) is 30.2 Å². The molecule has 1 aromatic carbocycles. The fraction of sp³-hybridized carbons (Fsp3) is 0.462. The van der Waals surface area contributed by atoms with Gasteiger partial charge in [-0.15, -0.1) is 0 Å². The molecule has 1 aromatic rings. The highest BCUT2D eigenvalue weighted by molar-refractivity contribution is 5.80. The van der Waals surface area contributed by atoms with Crippen LogP contribution in [0, 0.1) is 10.1 Å². The summed E-state index contributed by atoms with van der Waals surface area (Å²) in [5.41, 5.74) is -0.149. The van der Waals surface area contributed by atoms with E-state index in [2.05, 4.69) is 0 Å². The fourth-order valence-corrected chi connectivity index (χ4v) is 1.47. The molecule has 0 aliphatic rings. The van der Waals surface area contributed by atoms with Gasteiger partial charge in [0, 0.05) is 19.2 Å². The van der Waals surface area contributed by atoms with E-state index in [1.165, 1.54) is 12.1 Å². The Morgan fingerprint density at radius 2 is 2.14 bits per heavy atom. The van der Waals surface area contributed by atoms with Crippen molar-refractivity contribution in [3.63, 3.8) is 0 Å². The predicted octanol–water partition coefficient (Wildman–Crippen LogP) is 0.810. The minimum Gasteiger partial charge on any atom is -0.490 e. The third-order valence-corrected chi connectivity index (χ3v) is 2.50. The zero-order valence-electron chi connectivity index (χ0n) is 11.6. The van der Waals surface area contributed by atoms with Crippen molar-refractivity contribution in [2.75, 3.05) is 33.5 Å². The molecule has 116 valence electrons. The highest BCUT2D eigenvalue weighted by Gasteiger charge is 2.13. The van der Waals surface area contributed by atoms with E-state index >= 15 is 0 Å². The van der Waals surface area contributed by atoms with E-state index in [9.17, 15) is 20.0 Å². The molecule has 0 saturated heterocycles. The van der Waals surface area contributed by atoms with E-state index in [4.69, 9.17) is 14.2 Å². The summed E-state index contributed by atoms with van der Waals surface area (Å²) >= 11 is 0. The average molecular weight is 299 g/mol. The number of nitro groups is 1. The molecule has 1 unspecified atom stereocenters. The topological polar surface area (TPSA) is 108 Å². The van der Waals surface area contributed by atoms with Gasteiger partial charge in [0.25, 0.3) is 5.69 Å². The molecule has 0 radical (unpaired) electrons. The number of nitrogens with zero attached hydrogens (tertiary/aromatic N) is 1. The Labute approximate surface area is 121 Å². The summed E-state index contributed by atoms with van der Waals surface area (Å²) in [5, 5.41) is 20.2. The number of aliphatic hydroxyl groups excluding tert-OH is 1. The average Bonchev–Trinajstić information content (AvgIpc) is 2.49. The second kappa shape index (κ2) is 9.01. The number of methoxy groups -OCH3 is 1. The molecule has 0 spiro atoms. The number of aldehydes is 1. The number of nitro benzene ring substituents is 1. The molecule has 0 heterocycles. The SMILES string of the molecule is COCCOCC(O)COc1ccc([N+](=O)[O-])cc1C=O. The quantitative estimate of drug-likeness (QED) is 0.295. The van der Waals surface area contributed by atoms with Crippen LogP contribution in [0.25, 0.3) is 0 Å². The van der Waals surface area contributed by atoms with E-state index in [1.807, 2.05) is 0 Å². The van der Waals surface area contributed by atoms with Gasteiger partial charge in [0.15, 0.2) is 6.29 Å². The van der Waals surface area contributed by atoms with Crippen molar-refractivity contribution >= 4 is 12.0 Å². The van der Waals surface area contributed by atoms with Gasteiger partial charge in [-0.25, -0.2) is 0 Å². The normalized spacial score (nSPS) is 11.9. The molecule has 0 aromatic heterocycles. The molecule has 0 bridgehead atoms. The summed E-state index contributed by atoms with van der Waals surface area (Å²) in [5.74, 6) is 0.173. The summed E-state index contributed by atoms with van der Waals surface area (Å²) in [4.78, 5) is 20.9. The first kappa shape index (κ1) is 17.0. The lowest BCUT2D eigenvalue weighted by atomic mass is 10.2. The third-order valence-electron chi connectivity index (χ3n) is 2.50. The molecular weight excluding hydrogens is 282 g/mol. The van der Waals surface area contributed by atoms with Crippen LogP contribution in [0.4, 0.5) is 5.69 Å². The lowest BCUT2D eigenvalue weighted by Gasteiger charge is -2.13. The van der Waals surface area contributed by atoms with Crippen LogP contribution < -0.4 is 4.74 Å². The molecule has 0 aliphatic heterocycles. The Hall–Kier alpha value is -2.03.